The van der Waals surface area contributed by atoms with Gasteiger partial charge in [0.25, 0.3) is 6.43 Å². The van der Waals surface area contributed by atoms with E-state index in [1.165, 1.54) is 13.0 Å². The highest BCUT2D eigenvalue weighted by molar-refractivity contribution is 6.39. The highest BCUT2D eigenvalue weighted by Gasteiger charge is 2.29. The molecule has 0 spiro atoms. The van der Waals surface area contributed by atoms with Crippen LogP contribution in [0.2, 0.25) is 0 Å². The molecule has 2 aromatic rings. The summed E-state index contributed by atoms with van der Waals surface area (Å²) in [5.41, 5.74) is 1.41. The highest BCUT2D eigenvalue weighted by atomic mass is 19.3. The van der Waals surface area contributed by atoms with Gasteiger partial charge in [0, 0.05) is 11.6 Å². The summed E-state index contributed by atoms with van der Waals surface area (Å²) >= 11 is 0. The minimum atomic E-state index is -2.72. The zero-order valence-electron chi connectivity index (χ0n) is 16.5. The molecule has 1 aromatic carbocycles. The van der Waals surface area contributed by atoms with Crippen LogP contribution in [0.3, 0.4) is 0 Å². The number of anilines is 2. The second-order valence-corrected chi connectivity index (χ2v) is 7.26. The maximum atomic E-state index is 12.7. The number of rotatable bonds is 6. The smallest absolute Gasteiger partial charge is 0.313 e. The Morgan fingerprint density at radius 1 is 1.03 bits per heavy atom. The maximum Gasteiger partial charge on any atom is 0.313 e. The van der Waals surface area contributed by atoms with Crippen molar-refractivity contribution in [3.05, 3.63) is 53.3 Å². The lowest BCUT2D eigenvalue weighted by Gasteiger charge is -2.15. The van der Waals surface area contributed by atoms with Crippen LogP contribution in [0.15, 0.2) is 36.5 Å². The number of hydrogen-bond acceptors (Lipinski definition) is 4. The SMILES string of the molecule is Cc1cc(NC(=O)C(=O)NC(C)c2ccc(NC(=O)C3CC3)cc2)cnc1C(F)F. The van der Waals surface area contributed by atoms with Gasteiger partial charge in [-0.3, -0.25) is 19.4 Å². The standard InChI is InChI=1S/C21H22F2N4O3/c1-11-9-16(10-24-17(11)18(22)23)27-21(30)20(29)25-12(2)13-5-7-15(8-6-13)26-19(28)14-3-4-14/h5-10,12,14,18H,3-4H2,1-2H3,(H,25,29)(H,26,28)(H,27,30). The Balaban J connectivity index is 1.54. The summed E-state index contributed by atoms with van der Waals surface area (Å²) in [5.74, 6) is -1.69. The fourth-order valence-corrected chi connectivity index (χ4v) is 2.86. The van der Waals surface area contributed by atoms with Crippen molar-refractivity contribution < 1.29 is 23.2 Å². The van der Waals surface area contributed by atoms with Gasteiger partial charge < -0.3 is 16.0 Å². The third-order valence-corrected chi connectivity index (χ3v) is 4.76. The van der Waals surface area contributed by atoms with Gasteiger partial charge in [-0.2, -0.15) is 0 Å². The third kappa shape index (κ3) is 5.37. The molecule has 1 atom stereocenters. The number of nitrogens with zero attached hydrogens (tertiary/aromatic N) is 1. The first kappa shape index (κ1) is 21.4. The Kier molecular flexibility index (Phi) is 6.39. The molecule has 7 nitrogen and oxygen atoms in total. The molecule has 9 heteroatoms. The molecule has 1 aliphatic carbocycles. The molecular formula is C21H22F2N4O3. The first-order valence-electron chi connectivity index (χ1n) is 9.52. The number of aryl methyl sites for hydroxylation is 1. The van der Waals surface area contributed by atoms with E-state index in [-0.39, 0.29) is 28.8 Å². The van der Waals surface area contributed by atoms with Crippen molar-refractivity contribution in [2.45, 2.75) is 39.2 Å². The van der Waals surface area contributed by atoms with Crippen molar-refractivity contribution in [2.75, 3.05) is 10.6 Å². The number of aromatic nitrogens is 1. The number of nitrogens with one attached hydrogen (secondary N) is 3. The molecule has 1 saturated carbocycles. The van der Waals surface area contributed by atoms with Crippen LogP contribution >= 0.6 is 0 Å². The van der Waals surface area contributed by atoms with Crippen LogP contribution in [0, 0.1) is 12.8 Å². The molecule has 3 rings (SSSR count). The quantitative estimate of drug-likeness (QED) is 0.628. The Morgan fingerprint density at radius 3 is 2.27 bits per heavy atom. The highest BCUT2D eigenvalue weighted by Crippen LogP contribution is 2.30. The Bertz CT molecular complexity index is 959. The number of carbonyl (C=O) groups excluding carboxylic acids is 3. The molecule has 0 saturated heterocycles. The van der Waals surface area contributed by atoms with Gasteiger partial charge in [-0.05, 0) is 56.0 Å². The molecule has 30 heavy (non-hydrogen) atoms. The summed E-state index contributed by atoms with van der Waals surface area (Å²) in [5, 5.41) is 7.75. The van der Waals surface area contributed by atoms with E-state index in [1.54, 1.807) is 31.2 Å². The summed E-state index contributed by atoms with van der Waals surface area (Å²) in [6, 6.07) is 7.84. The molecule has 1 aromatic heterocycles. The van der Waals surface area contributed by atoms with E-state index in [1.807, 2.05) is 0 Å². The van der Waals surface area contributed by atoms with Crippen LogP contribution in [0.1, 0.15) is 49.1 Å². The number of pyridine rings is 1. The molecule has 0 bridgehead atoms. The van der Waals surface area contributed by atoms with Crippen molar-refractivity contribution >= 4 is 29.1 Å². The summed E-state index contributed by atoms with van der Waals surface area (Å²) in [6.07, 6.45) is 0.201. The van der Waals surface area contributed by atoms with E-state index in [4.69, 9.17) is 0 Å². The van der Waals surface area contributed by atoms with Crippen LogP contribution < -0.4 is 16.0 Å². The lowest BCUT2D eigenvalue weighted by Crippen LogP contribution is -2.37. The van der Waals surface area contributed by atoms with E-state index in [0.717, 1.165) is 24.6 Å². The van der Waals surface area contributed by atoms with Crippen molar-refractivity contribution in [1.82, 2.24) is 10.3 Å². The van der Waals surface area contributed by atoms with Crippen molar-refractivity contribution in [1.29, 1.82) is 0 Å². The minimum Gasteiger partial charge on any atom is -0.341 e. The average molecular weight is 416 g/mol. The van der Waals surface area contributed by atoms with Crippen molar-refractivity contribution in [3.8, 4) is 0 Å². The first-order chi connectivity index (χ1) is 14.2. The summed E-state index contributed by atoms with van der Waals surface area (Å²) in [4.78, 5) is 39.7. The summed E-state index contributed by atoms with van der Waals surface area (Å²) in [6.45, 7) is 3.16. The van der Waals surface area contributed by atoms with Crippen LogP contribution in [0.4, 0.5) is 20.2 Å². The first-order valence-corrected chi connectivity index (χ1v) is 9.52. The van der Waals surface area contributed by atoms with Crippen LogP contribution in [0.5, 0.6) is 0 Å². The van der Waals surface area contributed by atoms with Gasteiger partial charge in [-0.1, -0.05) is 12.1 Å². The van der Waals surface area contributed by atoms with Gasteiger partial charge in [-0.25, -0.2) is 8.78 Å². The number of hydrogen-bond donors (Lipinski definition) is 3. The zero-order valence-corrected chi connectivity index (χ0v) is 16.5. The van der Waals surface area contributed by atoms with E-state index in [0.29, 0.717) is 5.69 Å². The van der Waals surface area contributed by atoms with Gasteiger partial charge in [-0.15, -0.1) is 0 Å². The molecule has 1 aliphatic rings. The van der Waals surface area contributed by atoms with Crippen LogP contribution in [-0.4, -0.2) is 22.7 Å². The molecule has 0 aliphatic heterocycles. The van der Waals surface area contributed by atoms with Gasteiger partial charge in [0.05, 0.1) is 17.9 Å². The lowest BCUT2D eigenvalue weighted by molar-refractivity contribution is -0.136. The number of benzene rings is 1. The molecule has 0 radical (unpaired) electrons. The molecule has 3 N–H and O–H groups in total. The molecule has 1 fully saturated rings. The van der Waals surface area contributed by atoms with E-state index < -0.39 is 24.3 Å². The predicted molar refractivity (Wildman–Crippen MR) is 107 cm³/mol. The van der Waals surface area contributed by atoms with E-state index >= 15 is 0 Å². The minimum absolute atomic E-state index is 0.00656. The summed E-state index contributed by atoms with van der Waals surface area (Å²) in [7, 11) is 0. The third-order valence-electron chi connectivity index (χ3n) is 4.76. The van der Waals surface area contributed by atoms with Crippen LogP contribution in [-0.2, 0) is 14.4 Å². The zero-order chi connectivity index (χ0) is 21.8. The number of amides is 3. The second-order valence-electron chi connectivity index (χ2n) is 7.26. The van der Waals surface area contributed by atoms with E-state index in [9.17, 15) is 23.2 Å². The molecule has 3 amide bonds. The number of halogens is 2. The normalized spacial score (nSPS) is 14.2. The molecule has 1 unspecified atom stereocenters. The van der Waals surface area contributed by atoms with Gasteiger partial charge >= 0.3 is 11.8 Å². The van der Waals surface area contributed by atoms with Gasteiger partial charge in [0.2, 0.25) is 5.91 Å². The second kappa shape index (κ2) is 8.98. The summed E-state index contributed by atoms with van der Waals surface area (Å²) < 4.78 is 25.5. The maximum absolute atomic E-state index is 12.7. The molecular weight excluding hydrogens is 394 g/mol. The van der Waals surface area contributed by atoms with Gasteiger partial charge in [0.1, 0.15) is 5.69 Å². The fraction of sp³-hybridized carbons (Fsp3) is 0.333. The van der Waals surface area contributed by atoms with Gasteiger partial charge in [0.15, 0.2) is 0 Å². The number of alkyl halides is 2. The van der Waals surface area contributed by atoms with E-state index in [2.05, 4.69) is 20.9 Å². The fourth-order valence-electron chi connectivity index (χ4n) is 2.86. The topological polar surface area (TPSA) is 100 Å². The Hall–Kier alpha value is -3.36. The Morgan fingerprint density at radius 2 is 1.70 bits per heavy atom. The lowest BCUT2D eigenvalue weighted by atomic mass is 10.1. The number of carbonyl (C=O) groups is 3. The predicted octanol–water partition coefficient (Wildman–Crippen LogP) is 3.49. The Labute approximate surface area is 172 Å². The molecule has 158 valence electrons. The van der Waals surface area contributed by atoms with Crippen LogP contribution in [0.25, 0.3) is 0 Å². The molecule has 1 heterocycles. The average Bonchev–Trinajstić information content (AvgIpc) is 3.53. The largest absolute Gasteiger partial charge is 0.341 e. The monoisotopic (exact) mass is 416 g/mol. The van der Waals surface area contributed by atoms with Crippen molar-refractivity contribution in [2.24, 2.45) is 5.92 Å². The van der Waals surface area contributed by atoms with Crippen molar-refractivity contribution in [3.63, 3.8) is 0 Å².